The van der Waals surface area contributed by atoms with Gasteiger partial charge in [0.1, 0.15) is 17.5 Å². The van der Waals surface area contributed by atoms with Crippen molar-refractivity contribution >= 4 is 28.1 Å². The lowest BCUT2D eigenvalue weighted by Gasteiger charge is -2.22. The quantitative estimate of drug-likeness (QED) is 0.455. The molecule has 158 valence electrons. The summed E-state index contributed by atoms with van der Waals surface area (Å²) in [6.45, 7) is 1.60. The molecule has 1 aliphatic rings. The molecule has 1 aliphatic heterocycles. The number of aromatic nitrogens is 6. The van der Waals surface area contributed by atoms with Gasteiger partial charge in [0.05, 0.1) is 30.4 Å². The van der Waals surface area contributed by atoms with Crippen molar-refractivity contribution in [3.8, 4) is 17.3 Å². The molecule has 5 aromatic rings. The number of nitriles is 1. The third-order valence-electron chi connectivity index (χ3n) is 6.19. The summed E-state index contributed by atoms with van der Waals surface area (Å²) >= 11 is 0. The molecule has 1 saturated heterocycles. The van der Waals surface area contributed by atoms with Crippen LogP contribution in [0.5, 0.6) is 0 Å². The Labute approximate surface area is 183 Å². The summed E-state index contributed by atoms with van der Waals surface area (Å²) < 4.78 is 7.87. The molecule has 1 aromatic carbocycles. The van der Waals surface area contributed by atoms with Gasteiger partial charge in [-0.3, -0.25) is 4.68 Å². The van der Waals surface area contributed by atoms with E-state index in [0.29, 0.717) is 12.4 Å². The molecule has 0 bridgehead atoms. The fourth-order valence-corrected chi connectivity index (χ4v) is 4.58. The van der Waals surface area contributed by atoms with Gasteiger partial charge in [-0.1, -0.05) is 12.1 Å². The maximum absolute atomic E-state index is 9.51. The topological polar surface area (TPSA) is 112 Å². The molecule has 2 unspecified atom stereocenters. The van der Waals surface area contributed by atoms with Gasteiger partial charge in [0.2, 0.25) is 0 Å². The first-order chi connectivity index (χ1) is 15.8. The second-order valence-corrected chi connectivity index (χ2v) is 8.06. The van der Waals surface area contributed by atoms with Gasteiger partial charge in [0.15, 0.2) is 5.58 Å². The summed E-state index contributed by atoms with van der Waals surface area (Å²) in [5, 5.41) is 15.1. The Kier molecular flexibility index (Phi) is 4.35. The molecular weight excluding hydrogens is 404 g/mol. The minimum atomic E-state index is -0.0355. The van der Waals surface area contributed by atoms with Crippen molar-refractivity contribution < 1.29 is 4.42 Å². The highest BCUT2D eigenvalue weighted by Crippen LogP contribution is 2.34. The van der Waals surface area contributed by atoms with Crippen molar-refractivity contribution in [3.05, 3.63) is 55.2 Å². The molecule has 9 heteroatoms. The average Bonchev–Trinajstić information content (AvgIpc) is 3.61. The van der Waals surface area contributed by atoms with Crippen molar-refractivity contribution in [2.75, 3.05) is 18.0 Å². The zero-order chi connectivity index (χ0) is 21.5. The van der Waals surface area contributed by atoms with E-state index < -0.39 is 0 Å². The smallest absolute Gasteiger partial charge is 0.298 e. The standard InChI is InChI=1S/C23H20N8O/c24-8-5-19(15-7-10-30(12-15)23-29-18-3-1-2-4-20(18)32-23)31-13-16(11-28-31)21-17-6-9-25-22(17)27-14-26-21/h1-4,6,9,11,13-15,19H,5,7,10,12H2,(H,25,26,27). The van der Waals surface area contributed by atoms with Crippen LogP contribution in [0.2, 0.25) is 0 Å². The van der Waals surface area contributed by atoms with Gasteiger partial charge in [-0.15, -0.1) is 0 Å². The lowest BCUT2D eigenvalue weighted by molar-refractivity contribution is 0.331. The maximum atomic E-state index is 9.51. The molecule has 4 aromatic heterocycles. The Morgan fingerprint density at radius 1 is 1.25 bits per heavy atom. The molecule has 2 atom stereocenters. The van der Waals surface area contributed by atoms with E-state index in [4.69, 9.17) is 4.42 Å². The summed E-state index contributed by atoms with van der Waals surface area (Å²) in [6.07, 6.45) is 8.52. The molecule has 1 N–H and O–H groups in total. The molecule has 5 heterocycles. The lowest BCUT2D eigenvalue weighted by atomic mass is 9.96. The molecule has 0 aliphatic carbocycles. The monoisotopic (exact) mass is 424 g/mol. The van der Waals surface area contributed by atoms with Crippen molar-refractivity contribution in [1.29, 1.82) is 5.26 Å². The number of fused-ring (bicyclic) bond motifs is 2. The minimum Gasteiger partial charge on any atom is -0.423 e. The Morgan fingerprint density at radius 2 is 2.19 bits per heavy atom. The predicted octanol–water partition coefficient (Wildman–Crippen LogP) is 3.94. The summed E-state index contributed by atoms with van der Waals surface area (Å²) in [5.74, 6) is 0.259. The first kappa shape index (κ1) is 18.6. The van der Waals surface area contributed by atoms with Crippen LogP contribution < -0.4 is 4.90 Å². The number of benzene rings is 1. The second-order valence-electron chi connectivity index (χ2n) is 8.06. The SMILES string of the molecule is N#CCC(C1CCN(c2nc3ccccc3o2)C1)n1cc(-c2ncnc3[nH]ccc23)cn1. The fourth-order valence-electron chi connectivity index (χ4n) is 4.58. The molecule has 0 saturated carbocycles. The Balaban J connectivity index is 1.27. The molecule has 0 amide bonds. The first-order valence-electron chi connectivity index (χ1n) is 10.6. The zero-order valence-corrected chi connectivity index (χ0v) is 17.2. The van der Waals surface area contributed by atoms with Crippen LogP contribution in [0.4, 0.5) is 6.01 Å². The van der Waals surface area contributed by atoms with E-state index >= 15 is 0 Å². The van der Waals surface area contributed by atoms with Crippen molar-refractivity contribution in [2.24, 2.45) is 5.92 Å². The Morgan fingerprint density at radius 3 is 3.09 bits per heavy atom. The number of oxazole rings is 1. The summed E-state index contributed by atoms with van der Waals surface area (Å²) in [7, 11) is 0. The molecule has 32 heavy (non-hydrogen) atoms. The molecular formula is C23H20N8O. The predicted molar refractivity (Wildman–Crippen MR) is 119 cm³/mol. The minimum absolute atomic E-state index is 0.0355. The van der Waals surface area contributed by atoms with Crippen LogP contribution in [0, 0.1) is 17.2 Å². The maximum Gasteiger partial charge on any atom is 0.298 e. The van der Waals surface area contributed by atoms with Gasteiger partial charge in [0.25, 0.3) is 6.01 Å². The van der Waals surface area contributed by atoms with Crippen molar-refractivity contribution in [2.45, 2.75) is 18.9 Å². The van der Waals surface area contributed by atoms with E-state index in [1.54, 1.807) is 6.33 Å². The number of para-hydroxylation sites is 2. The number of nitrogens with zero attached hydrogens (tertiary/aromatic N) is 7. The van der Waals surface area contributed by atoms with E-state index in [1.165, 1.54) is 0 Å². The highest BCUT2D eigenvalue weighted by Gasteiger charge is 2.33. The van der Waals surface area contributed by atoms with E-state index in [2.05, 4.69) is 36.0 Å². The largest absolute Gasteiger partial charge is 0.423 e. The van der Waals surface area contributed by atoms with Crippen LogP contribution in [0.15, 0.2) is 59.7 Å². The number of aromatic amines is 1. The average molecular weight is 424 g/mol. The molecule has 0 radical (unpaired) electrons. The third kappa shape index (κ3) is 3.08. The molecule has 0 spiro atoms. The van der Waals surface area contributed by atoms with E-state index in [9.17, 15) is 5.26 Å². The summed E-state index contributed by atoms with van der Waals surface area (Å²) in [5.41, 5.74) is 4.18. The number of anilines is 1. The van der Waals surface area contributed by atoms with E-state index in [-0.39, 0.29) is 12.0 Å². The number of H-pyrrole nitrogens is 1. The van der Waals surface area contributed by atoms with Crippen LogP contribution in [-0.4, -0.2) is 42.8 Å². The van der Waals surface area contributed by atoms with Gasteiger partial charge < -0.3 is 14.3 Å². The Bertz CT molecular complexity index is 1410. The van der Waals surface area contributed by atoms with Gasteiger partial charge in [-0.05, 0) is 24.6 Å². The van der Waals surface area contributed by atoms with Gasteiger partial charge in [-0.2, -0.15) is 15.3 Å². The fraction of sp³-hybridized carbons (Fsp3) is 0.261. The third-order valence-corrected chi connectivity index (χ3v) is 6.19. The molecule has 6 rings (SSSR count). The van der Waals surface area contributed by atoms with Crippen LogP contribution in [0.25, 0.3) is 33.4 Å². The number of hydrogen-bond donors (Lipinski definition) is 1. The van der Waals surface area contributed by atoms with Crippen molar-refractivity contribution in [1.82, 2.24) is 29.7 Å². The highest BCUT2D eigenvalue weighted by molar-refractivity contribution is 5.90. The second kappa shape index (κ2) is 7.50. The van der Waals surface area contributed by atoms with E-state index in [0.717, 1.165) is 52.9 Å². The van der Waals surface area contributed by atoms with Crippen LogP contribution in [0.1, 0.15) is 18.9 Å². The lowest BCUT2D eigenvalue weighted by Crippen LogP contribution is -2.25. The number of rotatable bonds is 5. The first-order valence-corrected chi connectivity index (χ1v) is 10.6. The van der Waals surface area contributed by atoms with Crippen LogP contribution in [-0.2, 0) is 0 Å². The zero-order valence-electron chi connectivity index (χ0n) is 17.2. The summed E-state index contributed by atoms with van der Waals surface area (Å²) in [6, 6.07) is 12.7. The van der Waals surface area contributed by atoms with Crippen molar-refractivity contribution in [3.63, 3.8) is 0 Å². The Hall–Kier alpha value is -4.19. The molecule has 1 fully saturated rings. The number of nitrogens with one attached hydrogen (secondary N) is 1. The molecule has 9 nitrogen and oxygen atoms in total. The highest BCUT2D eigenvalue weighted by atomic mass is 16.4. The van der Waals surface area contributed by atoms with Crippen LogP contribution >= 0.6 is 0 Å². The summed E-state index contributed by atoms with van der Waals surface area (Å²) in [4.78, 5) is 18.6. The van der Waals surface area contributed by atoms with Gasteiger partial charge in [-0.25, -0.2) is 9.97 Å². The normalized spacial score (nSPS) is 17.2. The van der Waals surface area contributed by atoms with E-state index in [1.807, 2.05) is 53.6 Å². The van der Waals surface area contributed by atoms with Gasteiger partial charge in [0, 0.05) is 42.4 Å². The number of hydrogen-bond acceptors (Lipinski definition) is 7. The van der Waals surface area contributed by atoms with Gasteiger partial charge >= 0.3 is 0 Å². The van der Waals surface area contributed by atoms with Crippen LogP contribution in [0.3, 0.4) is 0 Å².